The summed E-state index contributed by atoms with van der Waals surface area (Å²) in [6.07, 6.45) is 0.163. The quantitative estimate of drug-likeness (QED) is 0.854. The number of halogens is 3. The monoisotopic (exact) mass is 352 g/mol. The Bertz CT molecular complexity index is 717. The van der Waals surface area contributed by atoms with Crippen LogP contribution < -0.4 is 10.2 Å². The van der Waals surface area contributed by atoms with E-state index >= 15 is 0 Å². The zero-order valence-corrected chi connectivity index (χ0v) is 14.0. The standard InChI is InChI=1S/C17H19F3N4O/c1-3-4-9-24(2)15-11-21-14(10-22-15)16(25)23-13-8-6-5-7-12(13)17(18,19)20/h5-8,10-11H,3-4,9H2,1-2H3,(H,23,25). The molecule has 0 spiro atoms. The normalized spacial score (nSPS) is 11.2. The topological polar surface area (TPSA) is 58.1 Å². The van der Waals surface area contributed by atoms with Gasteiger partial charge in [0.15, 0.2) is 0 Å². The lowest BCUT2D eigenvalue weighted by Crippen LogP contribution is -2.21. The number of nitrogens with zero attached hydrogens (tertiary/aromatic N) is 3. The van der Waals surface area contributed by atoms with E-state index in [-0.39, 0.29) is 11.4 Å². The summed E-state index contributed by atoms with van der Waals surface area (Å²) in [5.74, 6) is -0.146. The van der Waals surface area contributed by atoms with Gasteiger partial charge in [-0.15, -0.1) is 0 Å². The average molecular weight is 352 g/mol. The first kappa shape index (κ1) is 18.7. The summed E-state index contributed by atoms with van der Waals surface area (Å²) in [6, 6.07) is 4.79. The second-order valence-electron chi connectivity index (χ2n) is 5.53. The Kier molecular flexibility index (Phi) is 5.95. The fourth-order valence-corrected chi connectivity index (χ4v) is 2.17. The number of unbranched alkanes of at least 4 members (excludes halogenated alkanes) is 1. The lowest BCUT2D eigenvalue weighted by molar-refractivity contribution is -0.136. The molecule has 1 aromatic heterocycles. The fourth-order valence-electron chi connectivity index (χ4n) is 2.17. The van der Waals surface area contributed by atoms with E-state index in [4.69, 9.17) is 0 Å². The lowest BCUT2D eigenvalue weighted by Gasteiger charge is -2.17. The van der Waals surface area contributed by atoms with Gasteiger partial charge in [-0.05, 0) is 18.6 Å². The molecule has 0 atom stereocenters. The molecule has 1 heterocycles. The molecule has 0 aliphatic rings. The Morgan fingerprint density at radius 1 is 1.20 bits per heavy atom. The molecule has 0 aliphatic heterocycles. The second-order valence-corrected chi connectivity index (χ2v) is 5.53. The van der Waals surface area contributed by atoms with E-state index in [9.17, 15) is 18.0 Å². The number of para-hydroxylation sites is 1. The number of carbonyl (C=O) groups is 1. The van der Waals surface area contributed by atoms with Gasteiger partial charge in [-0.25, -0.2) is 9.97 Å². The van der Waals surface area contributed by atoms with E-state index in [0.29, 0.717) is 5.82 Å². The first-order valence-corrected chi connectivity index (χ1v) is 7.83. The van der Waals surface area contributed by atoms with Gasteiger partial charge in [-0.1, -0.05) is 25.5 Å². The highest BCUT2D eigenvalue weighted by molar-refractivity contribution is 6.03. The van der Waals surface area contributed by atoms with Crippen molar-refractivity contribution in [3.05, 3.63) is 47.9 Å². The Labute approximate surface area is 143 Å². The van der Waals surface area contributed by atoms with Crippen LogP contribution in [0.1, 0.15) is 35.8 Å². The van der Waals surface area contributed by atoms with Crippen molar-refractivity contribution in [3.8, 4) is 0 Å². The van der Waals surface area contributed by atoms with Crippen LogP contribution in [0.2, 0.25) is 0 Å². The first-order valence-electron chi connectivity index (χ1n) is 7.83. The number of rotatable bonds is 6. The van der Waals surface area contributed by atoms with Crippen molar-refractivity contribution < 1.29 is 18.0 Å². The van der Waals surface area contributed by atoms with E-state index in [1.165, 1.54) is 30.6 Å². The molecule has 1 amide bonds. The summed E-state index contributed by atoms with van der Waals surface area (Å²) in [5, 5.41) is 2.24. The van der Waals surface area contributed by atoms with Gasteiger partial charge in [0.05, 0.1) is 23.6 Å². The van der Waals surface area contributed by atoms with Gasteiger partial charge in [0.25, 0.3) is 5.91 Å². The molecule has 0 aliphatic carbocycles. The van der Waals surface area contributed by atoms with E-state index in [0.717, 1.165) is 25.5 Å². The van der Waals surface area contributed by atoms with E-state index < -0.39 is 17.6 Å². The number of anilines is 2. The predicted molar refractivity (Wildman–Crippen MR) is 89.6 cm³/mol. The van der Waals surface area contributed by atoms with E-state index in [1.54, 1.807) is 0 Å². The average Bonchev–Trinajstić information content (AvgIpc) is 2.59. The van der Waals surface area contributed by atoms with Crippen molar-refractivity contribution >= 4 is 17.4 Å². The molecule has 2 aromatic rings. The van der Waals surface area contributed by atoms with Crippen molar-refractivity contribution in [2.24, 2.45) is 0 Å². The van der Waals surface area contributed by atoms with Gasteiger partial charge in [0.1, 0.15) is 11.5 Å². The smallest absolute Gasteiger partial charge is 0.358 e. The second kappa shape index (κ2) is 7.96. The third-order valence-corrected chi connectivity index (χ3v) is 3.59. The molecular formula is C17H19F3N4O. The molecule has 1 aromatic carbocycles. The highest BCUT2D eigenvalue weighted by atomic mass is 19.4. The van der Waals surface area contributed by atoms with E-state index in [2.05, 4.69) is 22.2 Å². The van der Waals surface area contributed by atoms with Crippen LogP contribution in [0.4, 0.5) is 24.7 Å². The van der Waals surface area contributed by atoms with Gasteiger partial charge in [-0.3, -0.25) is 4.79 Å². The molecular weight excluding hydrogens is 333 g/mol. The Hall–Kier alpha value is -2.64. The van der Waals surface area contributed by atoms with Crippen LogP contribution in [-0.4, -0.2) is 29.5 Å². The van der Waals surface area contributed by atoms with Crippen molar-refractivity contribution in [1.82, 2.24) is 9.97 Å². The molecule has 0 bridgehead atoms. The number of hydrogen-bond acceptors (Lipinski definition) is 4. The fraction of sp³-hybridized carbons (Fsp3) is 0.353. The molecule has 0 unspecified atom stereocenters. The van der Waals surface area contributed by atoms with Crippen LogP contribution in [0.25, 0.3) is 0 Å². The van der Waals surface area contributed by atoms with Crippen LogP contribution in [-0.2, 0) is 6.18 Å². The van der Waals surface area contributed by atoms with Crippen molar-refractivity contribution in [2.75, 3.05) is 23.8 Å². The van der Waals surface area contributed by atoms with Crippen molar-refractivity contribution in [2.45, 2.75) is 25.9 Å². The Morgan fingerprint density at radius 2 is 1.92 bits per heavy atom. The van der Waals surface area contributed by atoms with Gasteiger partial charge < -0.3 is 10.2 Å². The van der Waals surface area contributed by atoms with Gasteiger partial charge in [-0.2, -0.15) is 13.2 Å². The number of hydrogen-bond donors (Lipinski definition) is 1. The zero-order valence-electron chi connectivity index (χ0n) is 14.0. The highest BCUT2D eigenvalue weighted by Gasteiger charge is 2.33. The Morgan fingerprint density at radius 3 is 2.52 bits per heavy atom. The summed E-state index contributed by atoms with van der Waals surface area (Å²) in [5.41, 5.74) is -1.28. The SMILES string of the molecule is CCCCN(C)c1cnc(C(=O)Nc2ccccc2C(F)(F)F)cn1. The number of aromatic nitrogens is 2. The maximum absolute atomic E-state index is 13.0. The number of carbonyl (C=O) groups excluding carboxylic acids is 1. The van der Waals surface area contributed by atoms with Crippen LogP contribution >= 0.6 is 0 Å². The first-order chi connectivity index (χ1) is 11.8. The number of nitrogens with one attached hydrogen (secondary N) is 1. The van der Waals surface area contributed by atoms with Crippen molar-refractivity contribution in [1.29, 1.82) is 0 Å². The summed E-state index contributed by atoms with van der Waals surface area (Å²) in [7, 11) is 1.86. The molecule has 0 saturated heterocycles. The number of alkyl halides is 3. The summed E-state index contributed by atoms with van der Waals surface area (Å²) < 4.78 is 38.9. The number of benzene rings is 1. The maximum Gasteiger partial charge on any atom is 0.418 e. The lowest BCUT2D eigenvalue weighted by atomic mass is 10.1. The molecule has 8 heteroatoms. The predicted octanol–water partition coefficient (Wildman–Crippen LogP) is 3.98. The zero-order chi connectivity index (χ0) is 18.4. The summed E-state index contributed by atoms with van der Waals surface area (Å²) in [6.45, 7) is 2.88. The molecule has 25 heavy (non-hydrogen) atoms. The van der Waals surface area contributed by atoms with Crippen molar-refractivity contribution in [3.63, 3.8) is 0 Å². The van der Waals surface area contributed by atoms with Gasteiger partial charge >= 0.3 is 6.18 Å². The molecule has 5 nitrogen and oxygen atoms in total. The number of amides is 1. The minimum Gasteiger partial charge on any atom is -0.358 e. The minimum absolute atomic E-state index is 0.0513. The van der Waals surface area contributed by atoms with Gasteiger partial charge in [0.2, 0.25) is 0 Å². The molecule has 2 rings (SSSR count). The largest absolute Gasteiger partial charge is 0.418 e. The molecule has 1 N–H and O–H groups in total. The minimum atomic E-state index is -4.55. The third kappa shape index (κ3) is 4.91. The molecule has 0 radical (unpaired) electrons. The highest BCUT2D eigenvalue weighted by Crippen LogP contribution is 2.34. The van der Waals surface area contributed by atoms with Gasteiger partial charge in [0, 0.05) is 13.6 Å². The summed E-state index contributed by atoms with van der Waals surface area (Å²) in [4.78, 5) is 22.2. The molecule has 0 fully saturated rings. The Balaban J connectivity index is 2.12. The van der Waals surface area contributed by atoms with Crippen LogP contribution in [0.5, 0.6) is 0 Å². The summed E-state index contributed by atoms with van der Waals surface area (Å²) >= 11 is 0. The third-order valence-electron chi connectivity index (χ3n) is 3.59. The maximum atomic E-state index is 13.0. The van der Waals surface area contributed by atoms with Crippen LogP contribution in [0.15, 0.2) is 36.7 Å². The van der Waals surface area contributed by atoms with E-state index in [1.807, 2.05) is 11.9 Å². The molecule has 0 saturated carbocycles. The van der Waals surface area contributed by atoms with Crippen LogP contribution in [0, 0.1) is 0 Å². The van der Waals surface area contributed by atoms with Crippen LogP contribution in [0.3, 0.4) is 0 Å². The molecule has 134 valence electrons.